The van der Waals surface area contributed by atoms with Crippen LogP contribution in [0.3, 0.4) is 0 Å². The number of carbonyl (C=O) groups is 1. The predicted octanol–water partition coefficient (Wildman–Crippen LogP) is 3.85. The summed E-state index contributed by atoms with van der Waals surface area (Å²) in [4.78, 5) is 14.1. The third-order valence-corrected chi connectivity index (χ3v) is 4.91. The predicted molar refractivity (Wildman–Crippen MR) is 107 cm³/mol. The van der Waals surface area contributed by atoms with Crippen LogP contribution in [-0.4, -0.2) is 45.7 Å². The van der Waals surface area contributed by atoms with Crippen LogP contribution in [0, 0.1) is 0 Å². The van der Waals surface area contributed by atoms with E-state index in [4.69, 9.17) is 4.74 Å². The quantitative estimate of drug-likeness (QED) is 0.489. The van der Waals surface area contributed by atoms with Gasteiger partial charge in [-0.2, -0.15) is 0 Å². The molecule has 1 aromatic heterocycles. The minimum Gasteiger partial charge on any atom is -0.462 e. The molecule has 0 spiro atoms. The lowest BCUT2D eigenvalue weighted by atomic mass is 10.2. The molecule has 2 rings (SSSR count). The molecule has 0 fully saturated rings. The summed E-state index contributed by atoms with van der Waals surface area (Å²) < 4.78 is 7.20. The van der Waals surface area contributed by atoms with Crippen molar-refractivity contribution in [1.82, 2.24) is 14.8 Å². The van der Waals surface area contributed by atoms with Gasteiger partial charge >= 0.3 is 5.97 Å². The van der Waals surface area contributed by atoms with E-state index in [0.29, 0.717) is 0 Å². The van der Waals surface area contributed by atoms with Gasteiger partial charge in [0.15, 0.2) is 11.0 Å². The van der Waals surface area contributed by atoms with E-state index < -0.39 is 0 Å². The van der Waals surface area contributed by atoms with Crippen molar-refractivity contribution in [3.63, 3.8) is 0 Å². The molecule has 0 bridgehead atoms. The van der Waals surface area contributed by atoms with Gasteiger partial charge in [-0.3, -0.25) is 4.79 Å². The Hall–Kier alpha value is -2.02. The van der Waals surface area contributed by atoms with Crippen LogP contribution in [0.2, 0.25) is 0 Å². The fraction of sp³-hybridized carbons (Fsp3) is 0.526. The van der Waals surface area contributed by atoms with Crippen molar-refractivity contribution in [3.8, 4) is 11.4 Å². The first-order chi connectivity index (χ1) is 12.5. The van der Waals surface area contributed by atoms with Crippen molar-refractivity contribution in [3.05, 3.63) is 24.3 Å². The number of ether oxygens (including phenoxy) is 1. The van der Waals surface area contributed by atoms with Crippen LogP contribution in [0.25, 0.3) is 11.4 Å². The van der Waals surface area contributed by atoms with Crippen LogP contribution >= 0.6 is 11.8 Å². The molecule has 0 saturated heterocycles. The SMILES string of the molecule is CCN(CC)c1ccc(-c2nnc(SCC(=O)OC(C)C)n2CC)cc1. The van der Waals surface area contributed by atoms with Gasteiger partial charge in [-0.15, -0.1) is 10.2 Å². The molecule has 0 radical (unpaired) electrons. The van der Waals surface area contributed by atoms with Crippen molar-refractivity contribution in [1.29, 1.82) is 0 Å². The average molecular weight is 377 g/mol. The molecule has 0 amide bonds. The minimum atomic E-state index is -0.235. The van der Waals surface area contributed by atoms with E-state index in [9.17, 15) is 4.79 Å². The fourth-order valence-corrected chi connectivity index (χ4v) is 3.51. The largest absolute Gasteiger partial charge is 0.462 e. The topological polar surface area (TPSA) is 60.3 Å². The number of aromatic nitrogens is 3. The summed E-state index contributed by atoms with van der Waals surface area (Å²) in [6.07, 6.45) is -0.105. The Morgan fingerprint density at radius 1 is 1.15 bits per heavy atom. The molecule has 142 valence electrons. The number of hydrogen-bond donors (Lipinski definition) is 0. The number of thioether (sulfide) groups is 1. The second-order valence-electron chi connectivity index (χ2n) is 6.10. The van der Waals surface area contributed by atoms with Gasteiger partial charge in [0.25, 0.3) is 0 Å². The van der Waals surface area contributed by atoms with Crippen LogP contribution in [0.5, 0.6) is 0 Å². The first-order valence-electron chi connectivity index (χ1n) is 9.10. The van der Waals surface area contributed by atoms with Gasteiger partial charge in [0.2, 0.25) is 0 Å². The Kier molecular flexibility index (Phi) is 7.50. The molecule has 7 heteroatoms. The number of hydrogen-bond acceptors (Lipinski definition) is 6. The van der Waals surface area contributed by atoms with E-state index in [0.717, 1.165) is 36.2 Å². The summed E-state index contributed by atoms with van der Waals surface area (Å²) in [5.74, 6) is 0.816. The summed E-state index contributed by atoms with van der Waals surface area (Å²) in [5.41, 5.74) is 2.22. The highest BCUT2D eigenvalue weighted by Crippen LogP contribution is 2.26. The molecule has 26 heavy (non-hydrogen) atoms. The molecule has 0 aliphatic carbocycles. The standard InChI is InChI=1S/C19H28N4O2S/c1-6-22(7-2)16-11-9-15(10-12-16)18-20-21-19(23(18)8-3)26-13-17(24)25-14(4)5/h9-12,14H,6-8,13H2,1-5H3. The van der Waals surface area contributed by atoms with E-state index in [-0.39, 0.29) is 17.8 Å². The van der Waals surface area contributed by atoms with Crippen LogP contribution in [-0.2, 0) is 16.1 Å². The molecule has 0 unspecified atom stereocenters. The number of benzene rings is 1. The number of esters is 1. The van der Waals surface area contributed by atoms with Gasteiger partial charge in [-0.25, -0.2) is 0 Å². The van der Waals surface area contributed by atoms with Gasteiger partial charge in [-0.05, 0) is 58.9 Å². The molecule has 0 aliphatic rings. The van der Waals surface area contributed by atoms with Gasteiger partial charge in [0.05, 0.1) is 11.9 Å². The van der Waals surface area contributed by atoms with Crippen molar-refractivity contribution in [2.45, 2.75) is 52.4 Å². The van der Waals surface area contributed by atoms with Gasteiger partial charge in [-0.1, -0.05) is 11.8 Å². The molecule has 0 N–H and O–H groups in total. The zero-order chi connectivity index (χ0) is 19.1. The molecular weight excluding hydrogens is 348 g/mol. The van der Waals surface area contributed by atoms with Crippen molar-refractivity contribution < 1.29 is 9.53 Å². The lowest BCUT2D eigenvalue weighted by Gasteiger charge is -2.21. The molecule has 0 saturated carbocycles. The van der Waals surface area contributed by atoms with Crippen LogP contribution in [0.15, 0.2) is 29.4 Å². The maximum atomic E-state index is 11.8. The maximum Gasteiger partial charge on any atom is 0.316 e. The van der Waals surface area contributed by atoms with Crippen LogP contribution in [0.1, 0.15) is 34.6 Å². The second-order valence-corrected chi connectivity index (χ2v) is 7.04. The Morgan fingerprint density at radius 3 is 2.35 bits per heavy atom. The van der Waals surface area contributed by atoms with Crippen LogP contribution in [0.4, 0.5) is 5.69 Å². The maximum absolute atomic E-state index is 11.8. The monoisotopic (exact) mass is 376 g/mol. The molecule has 1 aromatic carbocycles. The lowest BCUT2D eigenvalue weighted by Crippen LogP contribution is -2.21. The smallest absolute Gasteiger partial charge is 0.316 e. The van der Waals surface area contributed by atoms with Crippen molar-refractivity contribution in [2.75, 3.05) is 23.7 Å². The third kappa shape index (κ3) is 5.00. The zero-order valence-electron chi connectivity index (χ0n) is 16.2. The van der Waals surface area contributed by atoms with Gasteiger partial charge in [0.1, 0.15) is 0 Å². The molecule has 1 heterocycles. The van der Waals surface area contributed by atoms with Gasteiger partial charge < -0.3 is 14.2 Å². The highest BCUT2D eigenvalue weighted by Gasteiger charge is 2.15. The van der Waals surface area contributed by atoms with E-state index in [1.165, 1.54) is 17.4 Å². The highest BCUT2D eigenvalue weighted by atomic mass is 32.2. The first kappa shape index (κ1) is 20.3. The number of rotatable bonds is 9. The summed E-state index contributed by atoms with van der Waals surface area (Å²) in [6, 6.07) is 8.38. The summed E-state index contributed by atoms with van der Waals surface area (Å²) >= 11 is 1.36. The Morgan fingerprint density at radius 2 is 1.81 bits per heavy atom. The van der Waals surface area contributed by atoms with E-state index in [1.807, 2.05) is 25.3 Å². The highest BCUT2D eigenvalue weighted by molar-refractivity contribution is 7.99. The second kappa shape index (κ2) is 9.62. The minimum absolute atomic E-state index is 0.105. The lowest BCUT2D eigenvalue weighted by molar-refractivity contribution is -0.144. The van der Waals surface area contributed by atoms with E-state index in [1.54, 1.807) is 0 Å². The normalized spacial score (nSPS) is 11.0. The third-order valence-electron chi connectivity index (χ3n) is 3.97. The zero-order valence-corrected chi connectivity index (χ0v) is 17.0. The Labute approximate surface area is 159 Å². The summed E-state index contributed by atoms with van der Waals surface area (Å²) in [6.45, 7) is 12.7. The van der Waals surface area contributed by atoms with Crippen LogP contribution < -0.4 is 4.90 Å². The van der Waals surface area contributed by atoms with Crippen molar-refractivity contribution in [2.24, 2.45) is 0 Å². The molecule has 6 nitrogen and oxygen atoms in total. The Balaban J connectivity index is 2.15. The fourth-order valence-electron chi connectivity index (χ4n) is 2.72. The first-order valence-corrected chi connectivity index (χ1v) is 10.1. The number of anilines is 1. The molecular formula is C19H28N4O2S. The Bertz CT molecular complexity index is 709. The van der Waals surface area contributed by atoms with E-state index >= 15 is 0 Å². The molecule has 2 aromatic rings. The summed E-state index contributed by atoms with van der Waals surface area (Å²) in [5, 5.41) is 9.33. The molecule has 0 atom stereocenters. The van der Waals surface area contributed by atoms with Crippen molar-refractivity contribution >= 4 is 23.4 Å². The average Bonchev–Trinajstić information content (AvgIpc) is 3.04. The number of nitrogens with zero attached hydrogens (tertiary/aromatic N) is 4. The molecule has 0 aliphatic heterocycles. The van der Waals surface area contributed by atoms with E-state index in [2.05, 4.69) is 53.2 Å². The van der Waals surface area contributed by atoms with Gasteiger partial charge in [0, 0.05) is 30.9 Å². The number of carbonyl (C=O) groups excluding carboxylic acids is 1. The summed E-state index contributed by atoms with van der Waals surface area (Å²) in [7, 11) is 0.